The molecule has 1 rings (SSSR count). The standard InChI is InChI=1S/C9H7F6NO.ClH/c10-8(11,12)7(16)5-1-3-6(4-2-5)17-9(13,14)15;/h1-4,7H,16H2;1H. The van der Waals surface area contributed by atoms with E-state index in [0.717, 1.165) is 24.3 Å². The van der Waals surface area contributed by atoms with Crippen molar-refractivity contribution in [3.05, 3.63) is 29.8 Å². The SMILES string of the molecule is Cl.NC(c1ccc(OC(F)(F)F)cc1)C(F)(F)F. The van der Waals surface area contributed by atoms with Gasteiger partial charge in [-0.15, -0.1) is 25.6 Å². The predicted molar refractivity (Wildman–Crippen MR) is 53.4 cm³/mol. The molecule has 0 saturated heterocycles. The second kappa shape index (κ2) is 5.66. The Balaban J connectivity index is 0.00000289. The molecule has 2 N–H and O–H groups in total. The van der Waals surface area contributed by atoms with Gasteiger partial charge in [0.05, 0.1) is 0 Å². The summed E-state index contributed by atoms with van der Waals surface area (Å²) in [6.45, 7) is 0. The van der Waals surface area contributed by atoms with Gasteiger partial charge in [0.15, 0.2) is 0 Å². The summed E-state index contributed by atoms with van der Waals surface area (Å²) >= 11 is 0. The average molecular weight is 296 g/mol. The van der Waals surface area contributed by atoms with Gasteiger partial charge in [0, 0.05) is 0 Å². The van der Waals surface area contributed by atoms with Crippen molar-refractivity contribution in [2.75, 3.05) is 0 Å². The van der Waals surface area contributed by atoms with E-state index in [1.54, 1.807) is 0 Å². The summed E-state index contributed by atoms with van der Waals surface area (Å²) in [7, 11) is 0. The lowest BCUT2D eigenvalue weighted by atomic mass is 10.1. The number of hydrogen-bond acceptors (Lipinski definition) is 2. The van der Waals surface area contributed by atoms with E-state index < -0.39 is 24.3 Å². The third-order valence-corrected chi connectivity index (χ3v) is 1.83. The van der Waals surface area contributed by atoms with Gasteiger partial charge in [0.2, 0.25) is 0 Å². The molecule has 104 valence electrons. The largest absolute Gasteiger partial charge is 0.573 e. The van der Waals surface area contributed by atoms with Crippen LogP contribution in [-0.2, 0) is 0 Å². The van der Waals surface area contributed by atoms with E-state index in [0.29, 0.717) is 0 Å². The molecule has 0 radical (unpaired) electrons. The summed E-state index contributed by atoms with van der Waals surface area (Å²) in [5.74, 6) is -0.601. The Morgan fingerprint density at radius 1 is 0.944 bits per heavy atom. The molecular weight excluding hydrogens is 288 g/mol. The number of hydrogen-bond donors (Lipinski definition) is 1. The number of benzene rings is 1. The zero-order valence-electron chi connectivity index (χ0n) is 8.55. The molecular formula is C9H8ClF6NO. The first-order chi connectivity index (χ1) is 7.59. The normalized spacial score (nSPS) is 13.7. The fourth-order valence-electron chi connectivity index (χ4n) is 1.07. The average Bonchev–Trinajstić information content (AvgIpc) is 2.14. The number of ether oxygens (including phenoxy) is 1. The first kappa shape index (κ1) is 16.9. The molecule has 9 heteroatoms. The van der Waals surface area contributed by atoms with Gasteiger partial charge in [0.1, 0.15) is 11.8 Å². The molecule has 1 aromatic carbocycles. The topological polar surface area (TPSA) is 35.2 Å². The summed E-state index contributed by atoms with van der Waals surface area (Å²) in [6, 6.07) is 0.976. The molecule has 0 spiro atoms. The van der Waals surface area contributed by atoms with E-state index in [4.69, 9.17) is 5.73 Å². The lowest BCUT2D eigenvalue weighted by Crippen LogP contribution is -2.28. The molecule has 0 heterocycles. The minimum Gasteiger partial charge on any atom is -0.406 e. The van der Waals surface area contributed by atoms with Gasteiger partial charge in [-0.1, -0.05) is 12.1 Å². The number of nitrogens with two attached hydrogens (primary N) is 1. The van der Waals surface area contributed by atoms with Crippen LogP contribution < -0.4 is 10.5 Å². The minimum atomic E-state index is -4.88. The monoisotopic (exact) mass is 295 g/mol. The molecule has 0 bridgehead atoms. The van der Waals surface area contributed by atoms with Crippen LogP contribution in [0.15, 0.2) is 24.3 Å². The first-order valence-electron chi connectivity index (χ1n) is 4.27. The molecule has 0 aliphatic rings. The summed E-state index contributed by atoms with van der Waals surface area (Å²) < 4.78 is 75.3. The predicted octanol–water partition coefficient (Wildman–Crippen LogP) is 3.57. The highest BCUT2D eigenvalue weighted by atomic mass is 35.5. The lowest BCUT2D eigenvalue weighted by molar-refractivity contribution is -0.274. The maximum atomic E-state index is 12.2. The van der Waals surface area contributed by atoms with Crippen molar-refractivity contribution in [3.8, 4) is 5.75 Å². The number of alkyl halides is 6. The summed E-state index contributed by atoms with van der Waals surface area (Å²) in [5, 5.41) is 0. The highest BCUT2D eigenvalue weighted by Crippen LogP contribution is 2.31. The maximum absolute atomic E-state index is 12.2. The Labute approximate surface area is 104 Å². The van der Waals surface area contributed by atoms with Gasteiger partial charge >= 0.3 is 12.5 Å². The zero-order chi connectivity index (χ0) is 13.3. The van der Waals surface area contributed by atoms with E-state index in [1.165, 1.54) is 0 Å². The van der Waals surface area contributed by atoms with Crippen molar-refractivity contribution < 1.29 is 31.1 Å². The summed E-state index contributed by atoms with van der Waals surface area (Å²) in [4.78, 5) is 0. The fraction of sp³-hybridized carbons (Fsp3) is 0.333. The molecule has 0 saturated carbocycles. The second-order valence-electron chi connectivity index (χ2n) is 3.14. The van der Waals surface area contributed by atoms with Crippen LogP contribution >= 0.6 is 12.4 Å². The molecule has 1 atom stereocenters. The van der Waals surface area contributed by atoms with E-state index in [2.05, 4.69) is 4.74 Å². The van der Waals surface area contributed by atoms with Crippen LogP contribution in [0.2, 0.25) is 0 Å². The number of rotatable bonds is 2. The Morgan fingerprint density at radius 3 is 1.72 bits per heavy atom. The zero-order valence-corrected chi connectivity index (χ0v) is 9.36. The molecule has 18 heavy (non-hydrogen) atoms. The second-order valence-corrected chi connectivity index (χ2v) is 3.14. The Kier molecular flexibility index (Phi) is 5.30. The maximum Gasteiger partial charge on any atom is 0.573 e. The number of halogens is 7. The quantitative estimate of drug-likeness (QED) is 0.847. The highest BCUT2D eigenvalue weighted by molar-refractivity contribution is 5.85. The van der Waals surface area contributed by atoms with Crippen LogP contribution in [-0.4, -0.2) is 12.5 Å². The Hall–Kier alpha value is -1.15. The van der Waals surface area contributed by atoms with Gasteiger partial charge in [-0.05, 0) is 17.7 Å². The molecule has 1 unspecified atom stereocenters. The molecule has 1 aromatic rings. The molecule has 2 nitrogen and oxygen atoms in total. The van der Waals surface area contributed by atoms with Crippen LogP contribution in [0.3, 0.4) is 0 Å². The fourth-order valence-corrected chi connectivity index (χ4v) is 1.07. The molecule has 0 amide bonds. The minimum absolute atomic E-state index is 0. The smallest absolute Gasteiger partial charge is 0.406 e. The molecule has 0 fully saturated rings. The van der Waals surface area contributed by atoms with Crippen molar-refractivity contribution in [2.45, 2.75) is 18.6 Å². The van der Waals surface area contributed by atoms with Crippen LogP contribution in [0.5, 0.6) is 5.75 Å². The first-order valence-corrected chi connectivity index (χ1v) is 4.27. The van der Waals surface area contributed by atoms with Crippen molar-refractivity contribution in [3.63, 3.8) is 0 Å². The van der Waals surface area contributed by atoms with Crippen molar-refractivity contribution in [1.29, 1.82) is 0 Å². The van der Waals surface area contributed by atoms with E-state index >= 15 is 0 Å². The van der Waals surface area contributed by atoms with Crippen LogP contribution in [0.25, 0.3) is 0 Å². The molecule has 0 aliphatic heterocycles. The van der Waals surface area contributed by atoms with Crippen molar-refractivity contribution in [1.82, 2.24) is 0 Å². The van der Waals surface area contributed by atoms with Gasteiger partial charge in [-0.25, -0.2) is 0 Å². The van der Waals surface area contributed by atoms with Crippen LogP contribution in [0.1, 0.15) is 11.6 Å². The molecule has 0 aliphatic carbocycles. The molecule has 0 aromatic heterocycles. The highest BCUT2D eigenvalue weighted by Gasteiger charge is 2.38. The third kappa shape index (κ3) is 5.01. The van der Waals surface area contributed by atoms with Crippen LogP contribution in [0, 0.1) is 0 Å². The van der Waals surface area contributed by atoms with Gasteiger partial charge < -0.3 is 10.5 Å². The summed E-state index contributed by atoms with van der Waals surface area (Å²) in [5.41, 5.74) is 4.52. The van der Waals surface area contributed by atoms with Crippen molar-refractivity contribution >= 4 is 12.4 Å². The Bertz CT molecular complexity index is 374. The van der Waals surface area contributed by atoms with E-state index in [1.807, 2.05) is 0 Å². The van der Waals surface area contributed by atoms with Crippen LogP contribution in [0.4, 0.5) is 26.3 Å². The van der Waals surface area contributed by atoms with Crippen molar-refractivity contribution in [2.24, 2.45) is 5.73 Å². The third-order valence-electron chi connectivity index (χ3n) is 1.83. The Morgan fingerprint density at radius 2 is 1.39 bits per heavy atom. The van der Waals surface area contributed by atoms with Gasteiger partial charge in [0.25, 0.3) is 0 Å². The van der Waals surface area contributed by atoms with Gasteiger partial charge in [-0.3, -0.25) is 0 Å². The van der Waals surface area contributed by atoms with Gasteiger partial charge in [-0.2, -0.15) is 13.2 Å². The van der Waals surface area contributed by atoms with E-state index in [9.17, 15) is 26.3 Å². The summed E-state index contributed by atoms with van der Waals surface area (Å²) in [6.07, 6.45) is -9.53. The van der Waals surface area contributed by atoms with E-state index in [-0.39, 0.29) is 18.0 Å². The lowest BCUT2D eigenvalue weighted by Gasteiger charge is -2.16.